The Hall–Kier alpha value is 0.100. The molecule has 0 saturated heterocycles. The lowest BCUT2D eigenvalue weighted by molar-refractivity contribution is 0.168. The summed E-state index contributed by atoms with van der Waals surface area (Å²) in [7, 11) is 2.22. The van der Waals surface area contributed by atoms with E-state index in [4.69, 9.17) is 5.73 Å². The quantitative estimate of drug-likeness (QED) is 0.871. The van der Waals surface area contributed by atoms with Crippen LogP contribution in [-0.2, 0) is 6.54 Å². The number of thiophene rings is 1. The average Bonchev–Trinajstić information content (AvgIpc) is 2.77. The van der Waals surface area contributed by atoms with Gasteiger partial charge in [0.25, 0.3) is 0 Å². The van der Waals surface area contributed by atoms with Crippen LogP contribution in [-0.4, -0.2) is 24.5 Å². The molecule has 1 aromatic heterocycles. The topological polar surface area (TPSA) is 29.3 Å². The average molecular weight is 345 g/mol. The molecule has 19 heavy (non-hydrogen) atoms. The molecule has 0 radical (unpaired) electrons. The Kier molecular flexibility index (Phi) is 5.87. The summed E-state index contributed by atoms with van der Waals surface area (Å²) in [6, 6.07) is 2.62. The Bertz CT molecular complexity index is 393. The highest BCUT2D eigenvalue weighted by molar-refractivity contribution is 9.11. The van der Waals surface area contributed by atoms with Crippen LogP contribution < -0.4 is 5.73 Å². The third-order valence-electron chi connectivity index (χ3n) is 4.35. The molecule has 4 heteroatoms. The molecule has 108 valence electrons. The smallest absolute Gasteiger partial charge is 0.0701 e. The monoisotopic (exact) mass is 344 g/mol. The van der Waals surface area contributed by atoms with Crippen molar-refractivity contribution < 1.29 is 0 Å². The van der Waals surface area contributed by atoms with Crippen LogP contribution in [0.25, 0.3) is 0 Å². The van der Waals surface area contributed by atoms with Crippen molar-refractivity contribution in [1.29, 1.82) is 0 Å². The predicted molar refractivity (Wildman–Crippen MR) is 87.5 cm³/mol. The fourth-order valence-corrected chi connectivity index (χ4v) is 4.37. The number of nitrogens with zero attached hydrogens (tertiary/aromatic N) is 1. The van der Waals surface area contributed by atoms with Gasteiger partial charge in [-0.3, -0.25) is 0 Å². The summed E-state index contributed by atoms with van der Waals surface area (Å²) in [5.41, 5.74) is 7.71. The molecule has 1 aromatic rings. The second-order valence-electron chi connectivity index (χ2n) is 5.97. The Morgan fingerprint density at radius 2 is 2.26 bits per heavy atom. The first-order valence-corrected chi connectivity index (χ1v) is 8.92. The highest BCUT2D eigenvalue weighted by atomic mass is 79.9. The molecule has 2 rings (SSSR count). The molecule has 0 bridgehead atoms. The molecular formula is C15H25BrN2S. The number of nitrogens with two attached hydrogens (primary N) is 1. The molecule has 3 atom stereocenters. The number of halogens is 1. The molecule has 2 nitrogen and oxygen atoms in total. The summed E-state index contributed by atoms with van der Waals surface area (Å²) in [5, 5.41) is 2.23. The van der Waals surface area contributed by atoms with Gasteiger partial charge in [-0.25, -0.2) is 0 Å². The summed E-state index contributed by atoms with van der Waals surface area (Å²) in [6.45, 7) is 4.47. The van der Waals surface area contributed by atoms with Crippen LogP contribution in [0.15, 0.2) is 15.2 Å². The summed E-state index contributed by atoms with van der Waals surface area (Å²) in [6.07, 6.45) is 5.16. The molecule has 1 saturated carbocycles. The van der Waals surface area contributed by atoms with Gasteiger partial charge in [-0.2, -0.15) is 0 Å². The minimum absolute atomic E-state index is 0.402. The van der Waals surface area contributed by atoms with Crippen molar-refractivity contribution in [3.8, 4) is 0 Å². The Balaban J connectivity index is 1.84. The lowest BCUT2D eigenvalue weighted by Gasteiger charge is -2.36. The lowest BCUT2D eigenvalue weighted by Crippen LogP contribution is -2.42. The van der Waals surface area contributed by atoms with E-state index in [1.54, 1.807) is 11.3 Å². The van der Waals surface area contributed by atoms with Gasteiger partial charge in [-0.1, -0.05) is 13.3 Å². The van der Waals surface area contributed by atoms with E-state index < -0.39 is 0 Å². The first-order chi connectivity index (χ1) is 9.08. The van der Waals surface area contributed by atoms with Crippen molar-refractivity contribution in [2.24, 2.45) is 17.6 Å². The van der Waals surface area contributed by atoms with E-state index in [1.165, 1.54) is 35.0 Å². The molecule has 0 amide bonds. The zero-order valence-corrected chi connectivity index (χ0v) is 14.3. The molecule has 1 aliphatic rings. The van der Waals surface area contributed by atoms with Gasteiger partial charge < -0.3 is 10.6 Å². The summed E-state index contributed by atoms with van der Waals surface area (Å²) in [4.78, 5) is 2.43. The Morgan fingerprint density at radius 1 is 1.47 bits per heavy atom. The standard InChI is InChI=1S/C15H25BrN2S/c1-3-11-4-5-14(17)13(6-11)9-18(2)8-12-7-15(16)19-10-12/h7,10-11,13-14H,3-6,8-9,17H2,1-2H3. The van der Waals surface area contributed by atoms with Crippen molar-refractivity contribution in [3.63, 3.8) is 0 Å². The van der Waals surface area contributed by atoms with Gasteiger partial charge in [0.15, 0.2) is 0 Å². The Labute approximate surface area is 129 Å². The maximum absolute atomic E-state index is 6.31. The number of hydrogen-bond donors (Lipinski definition) is 1. The first-order valence-electron chi connectivity index (χ1n) is 7.25. The third kappa shape index (κ3) is 4.55. The van der Waals surface area contributed by atoms with E-state index in [-0.39, 0.29) is 0 Å². The van der Waals surface area contributed by atoms with Crippen molar-refractivity contribution in [2.45, 2.75) is 45.2 Å². The normalized spacial score (nSPS) is 27.9. The van der Waals surface area contributed by atoms with E-state index in [9.17, 15) is 0 Å². The first kappa shape index (κ1) is 15.5. The zero-order chi connectivity index (χ0) is 13.8. The van der Waals surface area contributed by atoms with Crippen molar-refractivity contribution in [3.05, 3.63) is 20.8 Å². The van der Waals surface area contributed by atoms with E-state index in [2.05, 4.69) is 46.2 Å². The highest BCUT2D eigenvalue weighted by Gasteiger charge is 2.27. The summed E-state index contributed by atoms with van der Waals surface area (Å²) >= 11 is 5.29. The molecular weight excluding hydrogens is 320 g/mol. The van der Waals surface area contributed by atoms with Crippen LogP contribution in [0.1, 0.15) is 38.2 Å². The van der Waals surface area contributed by atoms with Gasteiger partial charge in [-0.05, 0) is 71.1 Å². The number of hydrogen-bond acceptors (Lipinski definition) is 3. The van der Waals surface area contributed by atoms with Crippen molar-refractivity contribution in [1.82, 2.24) is 4.90 Å². The van der Waals surface area contributed by atoms with Crippen LogP contribution in [0.4, 0.5) is 0 Å². The molecule has 1 fully saturated rings. The third-order valence-corrected chi connectivity index (χ3v) is 5.90. The zero-order valence-electron chi connectivity index (χ0n) is 11.9. The van der Waals surface area contributed by atoms with Gasteiger partial charge in [0.2, 0.25) is 0 Å². The van der Waals surface area contributed by atoms with E-state index in [0.717, 1.165) is 19.0 Å². The summed E-state index contributed by atoms with van der Waals surface area (Å²) in [5.74, 6) is 1.57. The van der Waals surface area contributed by atoms with Gasteiger partial charge in [0.1, 0.15) is 0 Å². The van der Waals surface area contributed by atoms with Crippen LogP contribution in [0.5, 0.6) is 0 Å². The van der Waals surface area contributed by atoms with Crippen LogP contribution in [0.2, 0.25) is 0 Å². The SMILES string of the molecule is CCC1CCC(N)C(CN(C)Cc2csc(Br)c2)C1. The molecule has 0 aromatic carbocycles. The summed E-state index contributed by atoms with van der Waals surface area (Å²) < 4.78 is 1.22. The molecule has 0 aliphatic heterocycles. The highest BCUT2D eigenvalue weighted by Crippen LogP contribution is 2.31. The van der Waals surface area contributed by atoms with Crippen LogP contribution >= 0.6 is 27.3 Å². The minimum atomic E-state index is 0.402. The molecule has 1 heterocycles. The fourth-order valence-electron chi connectivity index (χ4n) is 3.17. The maximum Gasteiger partial charge on any atom is 0.0701 e. The fraction of sp³-hybridized carbons (Fsp3) is 0.733. The second kappa shape index (κ2) is 7.21. The molecule has 3 unspecified atom stereocenters. The maximum atomic E-state index is 6.31. The predicted octanol–water partition coefficient (Wildman–Crippen LogP) is 4.10. The van der Waals surface area contributed by atoms with Crippen molar-refractivity contribution >= 4 is 27.3 Å². The Morgan fingerprint density at radius 3 is 2.89 bits per heavy atom. The van der Waals surface area contributed by atoms with E-state index >= 15 is 0 Å². The van der Waals surface area contributed by atoms with Gasteiger partial charge in [0.05, 0.1) is 3.79 Å². The lowest BCUT2D eigenvalue weighted by atomic mass is 9.77. The molecule has 1 aliphatic carbocycles. The van der Waals surface area contributed by atoms with Crippen LogP contribution in [0, 0.1) is 11.8 Å². The molecule has 2 N–H and O–H groups in total. The van der Waals surface area contributed by atoms with Crippen LogP contribution in [0.3, 0.4) is 0 Å². The minimum Gasteiger partial charge on any atom is -0.327 e. The van der Waals surface area contributed by atoms with Gasteiger partial charge >= 0.3 is 0 Å². The largest absolute Gasteiger partial charge is 0.327 e. The van der Waals surface area contributed by atoms with Gasteiger partial charge in [0, 0.05) is 19.1 Å². The van der Waals surface area contributed by atoms with Gasteiger partial charge in [-0.15, -0.1) is 11.3 Å². The molecule has 0 spiro atoms. The number of rotatable bonds is 5. The van der Waals surface area contributed by atoms with E-state index in [1.807, 2.05) is 0 Å². The second-order valence-corrected chi connectivity index (χ2v) is 8.26. The van der Waals surface area contributed by atoms with E-state index in [0.29, 0.717) is 12.0 Å². The van der Waals surface area contributed by atoms with Crippen molar-refractivity contribution in [2.75, 3.05) is 13.6 Å².